The molecule has 5 nitrogen and oxygen atoms in total. The Balaban J connectivity index is 2.53. The van der Waals surface area contributed by atoms with E-state index < -0.39 is 0 Å². The molecule has 1 aromatic heterocycles. The number of hydrogen-bond acceptors (Lipinski definition) is 5. The summed E-state index contributed by atoms with van der Waals surface area (Å²) in [4.78, 5) is 8.66. The van der Waals surface area contributed by atoms with Crippen LogP contribution in [-0.4, -0.2) is 24.2 Å². The van der Waals surface area contributed by atoms with Crippen LogP contribution < -0.4 is 15.2 Å². The number of halogens is 1. The second-order valence-electron chi connectivity index (χ2n) is 3.90. The standard InChI is InChI=1S/C13H14BrN3O2/c1-7-11(14)12(15)17-13(16-7)8-4-5-9(18-2)10(6-8)19-3/h4-6H,1-3H3,(H2,15,16,17). The first-order valence-electron chi connectivity index (χ1n) is 5.58. The first kappa shape index (κ1) is 13.6. The fourth-order valence-electron chi connectivity index (χ4n) is 1.69. The van der Waals surface area contributed by atoms with Crippen LogP contribution in [-0.2, 0) is 0 Å². The molecular weight excluding hydrogens is 310 g/mol. The van der Waals surface area contributed by atoms with E-state index in [-0.39, 0.29) is 0 Å². The molecule has 0 saturated carbocycles. The molecule has 2 aromatic rings. The van der Waals surface area contributed by atoms with Gasteiger partial charge in [-0.2, -0.15) is 0 Å². The highest BCUT2D eigenvalue weighted by molar-refractivity contribution is 9.10. The van der Waals surface area contributed by atoms with Crippen LogP contribution in [0.5, 0.6) is 11.5 Å². The third-order valence-electron chi connectivity index (χ3n) is 2.68. The Morgan fingerprint density at radius 2 is 1.79 bits per heavy atom. The number of ether oxygens (including phenoxy) is 2. The zero-order valence-electron chi connectivity index (χ0n) is 10.9. The van der Waals surface area contributed by atoms with Crippen molar-refractivity contribution in [1.29, 1.82) is 0 Å². The van der Waals surface area contributed by atoms with Gasteiger partial charge in [0.2, 0.25) is 0 Å². The predicted molar refractivity (Wildman–Crippen MR) is 77.4 cm³/mol. The van der Waals surface area contributed by atoms with E-state index in [1.807, 2.05) is 25.1 Å². The van der Waals surface area contributed by atoms with Gasteiger partial charge in [-0.3, -0.25) is 0 Å². The van der Waals surface area contributed by atoms with Crippen LogP contribution in [0.2, 0.25) is 0 Å². The number of nitrogens with zero attached hydrogens (tertiary/aromatic N) is 2. The van der Waals surface area contributed by atoms with Gasteiger partial charge in [0.05, 0.1) is 24.4 Å². The van der Waals surface area contributed by atoms with E-state index in [0.717, 1.165) is 15.7 Å². The maximum atomic E-state index is 5.83. The van der Waals surface area contributed by atoms with Gasteiger partial charge >= 0.3 is 0 Å². The first-order valence-corrected chi connectivity index (χ1v) is 6.38. The number of nitrogens with two attached hydrogens (primary N) is 1. The lowest BCUT2D eigenvalue weighted by Crippen LogP contribution is -2.00. The van der Waals surface area contributed by atoms with Gasteiger partial charge in [0.25, 0.3) is 0 Å². The fourth-order valence-corrected chi connectivity index (χ4v) is 1.86. The quantitative estimate of drug-likeness (QED) is 0.940. The Morgan fingerprint density at radius 1 is 1.11 bits per heavy atom. The van der Waals surface area contributed by atoms with Gasteiger partial charge in [-0.25, -0.2) is 9.97 Å². The van der Waals surface area contributed by atoms with Crippen molar-refractivity contribution in [2.24, 2.45) is 0 Å². The van der Waals surface area contributed by atoms with Crippen molar-refractivity contribution >= 4 is 21.7 Å². The van der Waals surface area contributed by atoms with Crippen molar-refractivity contribution in [3.8, 4) is 22.9 Å². The molecule has 0 aliphatic carbocycles. The highest BCUT2D eigenvalue weighted by Gasteiger charge is 2.11. The molecule has 0 radical (unpaired) electrons. The monoisotopic (exact) mass is 323 g/mol. The number of aryl methyl sites for hydroxylation is 1. The van der Waals surface area contributed by atoms with Crippen molar-refractivity contribution in [2.75, 3.05) is 20.0 Å². The summed E-state index contributed by atoms with van der Waals surface area (Å²) in [5, 5.41) is 0. The zero-order valence-corrected chi connectivity index (χ0v) is 12.5. The zero-order chi connectivity index (χ0) is 14.0. The van der Waals surface area contributed by atoms with Crippen LogP contribution in [0.1, 0.15) is 5.69 Å². The lowest BCUT2D eigenvalue weighted by atomic mass is 10.2. The van der Waals surface area contributed by atoms with Crippen LogP contribution in [0.4, 0.5) is 5.82 Å². The summed E-state index contributed by atoms with van der Waals surface area (Å²) in [6, 6.07) is 5.50. The third kappa shape index (κ3) is 2.63. The normalized spacial score (nSPS) is 10.3. The molecule has 0 amide bonds. The van der Waals surface area contributed by atoms with Gasteiger partial charge in [0.1, 0.15) is 5.82 Å². The van der Waals surface area contributed by atoms with E-state index in [2.05, 4.69) is 25.9 Å². The van der Waals surface area contributed by atoms with Crippen molar-refractivity contribution in [1.82, 2.24) is 9.97 Å². The molecule has 0 atom stereocenters. The summed E-state index contributed by atoms with van der Waals surface area (Å²) >= 11 is 3.34. The molecule has 0 bridgehead atoms. The Kier molecular flexibility index (Phi) is 3.90. The Bertz CT molecular complexity index is 594. The molecule has 1 heterocycles. The largest absolute Gasteiger partial charge is 0.493 e. The number of rotatable bonds is 3. The van der Waals surface area contributed by atoms with Gasteiger partial charge in [-0.1, -0.05) is 0 Å². The fraction of sp³-hybridized carbons (Fsp3) is 0.231. The maximum Gasteiger partial charge on any atom is 0.161 e. The molecule has 2 N–H and O–H groups in total. The van der Waals surface area contributed by atoms with Gasteiger partial charge in [-0.15, -0.1) is 0 Å². The molecule has 0 aliphatic rings. The first-order chi connectivity index (χ1) is 9.06. The number of aromatic nitrogens is 2. The van der Waals surface area contributed by atoms with Crippen LogP contribution in [0.15, 0.2) is 22.7 Å². The summed E-state index contributed by atoms with van der Waals surface area (Å²) in [5.41, 5.74) is 7.44. The molecule has 0 aliphatic heterocycles. The minimum atomic E-state index is 0.414. The molecule has 0 unspecified atom stereocenters. The molecule has 0 spiro atoms. The summed E-state index contributed by atoms with van der Waals surface area (Å²) < 4.78 is 11.2. The Hall–Kier alpha value is -1.82. The topological polar surface area (TPSA) is 70.3 Å². The van der Waals surface area contributed by atoms with Crippen LogP contribution in [0.25, 0.3) is 11.4 Å². The van der Waals surface area contributed by atoms with Crippen molar-refractivity contribution in [3.63, 3.8) is 0 Å². The minimum absolute atomic E-state index is 0.414. The van der Waals surface area contributed by atoms with Gasteiger partial charge in [-0.05, 0) is 41.1 Å². The Morgan fingerprint density at radius 3 is 2.37 bits per heavy atom. The van der Waals surface area contributed by atoms with Crippen molar-refractivity contribution < 1.29 is 9.47 Å². The number of methoxy groups -OCH3 is 2. The van der Waals surface area contributed by atoms with Crippen molar-refractivity contribution in [3.05, 3.63) is 28.4 Å². The average molecular weight is 324 g/mol. The van der Waals surface area contributed by atoms with Crippen molar-refractivity contribution in [2.45, 2.75) is 6.92 Å². The SMILES string of the molecule is COc1ccc(-c2nc(C)c(Br)c(N)n2)cc1OC. The highest BCUT2D eigenvalue weighted by atomic mass is 79.9. The van der Waals surface area contributed by atoms with E-state index >= 15 is 0 Å². The van der Waals surface area contributed by atoms with Gasteiger partial charge in [0.15, 0.2) is 17.3 Å². The molecule has 6 heteroatoms. The lowest BCUT2D eigenvalue weighted by molar-refractivity contribution is 0.355. The lowest BCUT2D eigenvalue weighted by Gasteiger charge is -2.10. The van der Waals surface area contributed by atoms with Crippen LogP contribution in [0.3, 0.4) is 0 Å². The minimum Gasteiger partial charge on any atom is -0.493 e. The van der Waals surface area contributed by atoms with Crippen LogP contribution in [0, 0.1) is 6.92 Å². The number of nitrogen functional groups attached to an aromatic ring is 1. The molecule has 2 rings (SSSR count). The molecule has 100 valence electrons. The van der Waals surface area contributed by atoms with E-state index in [4.69, 9.17) is 15.2 Å². The molecule has 0 saturated heterocycles. The smallest absolute Gasteiger partial charge is 0.161 e. The van der Waals surface area contributed by atoms with Gasteiger partial charge < -0.3 is 15.2 Å². The van der Waals surface area contributed by atoms with Crippen LogP contribution >= 0.6 is 15.9 Å². The summed E-state index contributed by atoms with van der Waals surface area (Å²) in [6.07, 6.45) is 0. The summed E-state index contributed by atoms with van der Waals surface area (Å²) in [5.74, 6) is 2.26. The second-order valence-corrected chi connectivity index (χ2v) is 4.69. The summed E-state index contributed by atoms with van der Waals surface area (Å²) in [7, 11) is 3.18. The number of hydrogen-bond donors (Lipinski definition) is 1. The predicted octanol–water partition coefficient (Wildman–Crippen LogP) is 2.81. The van der Waals surface area contributed by atoms with Gasteiger partial charge in [0, 0.05) is 5.56 Å². The highest BCUT2D eigenvalue weighted by Crippen LogP contribution is 2.32. The average Bonchev–Trinajstić information content (AvgIpc) is 2.43. The van der Waals surface area contributed by atoms with E-state index in [0.29, 0.717) is 23.1 Å². The maximum absolute atomic E-state index is 5.83. The van der Waals surface area contributed by atoms with E-state index in [1.165, 1.54) is 0 Å². The second kappa shape index (κ2) is 5.44. The number of anilines is 1. The molecule has 0 fully saturated rings. The molecule has 1 aromatic carbocycles. The van der Waals surface area contributed by atoms with E-state index in [9.17, 15) is 0 Å². The summed E-state index contributed by atoms with van der Waals surface area (Å²) in [6.45, 7) is 1.87. The molecular formula is C13H14BrN3O2. The molecule has 19 heavy (non-hydrogen) atoms. The number of benzene rings is 1. The van der Waals surface area contributed by atoms with E-state index in [1.54, 1.807) is 14.2 Å². The third-order valence-corrected chi connectivity index (χ3v) is 3.66. The Labute approximate surface area is 119 Å².